The summed E-state index contributed by atoms with van der Waals surface area (Å²) >= 11 is 0. The molecule has 1 aromatic heterocycles. The molecule has 0 unspecified atom stereocenters. The zero-order valence-electron chi connectivity index (χ0n) is 30.0. The normalized spacial score (nSPS) is 16.1. The van der Waals surface area contributed by atoms with Gasteiger partial charge >= 0.3 is 0 Å². The van der Waals surface area contributed by atoms with Crippen molar-refractivity contribution in [2.45, 2.75) is 57.8 Å². The highest BCUT2D eigenvalue weighted by atomic mass is 15.0. The third kappa shape index (κ3) is 4.09. The van der Waals surface area contributed by atoms with Crippen LogP contribution in [0.4, 0.5) is 0 Å². The lowest BCUT2D eigenvalue weighted by Gasteiger charge is -2.22. The van der Waals surface area contributed by atoms with Gasteiger partial charge in [0.1, 0.15) is 0 Å². The molecule has 0 N–H and O–H groups in total. The summed E-state index contributed by atoms with van der Waals surface area (Å²) < 4.78 is 0. The minimum atomic E-state index is -0.128. The molecule has 1 heterocycles. The van der Waals surface area contributed by atoms with Gasteiger partial charge in [0.2, 0.25) is 0 Å². The summed E-state index contributed by atoms with van der Waals surface area (Å²) in [6.07, 6.45) is 0. The standard InChI is InChI=1S/C48H39N3/c1-46(2)38-20-12-9-16-34(38)42-35(17-13-21-39(42)46)45-50-43(28-22-24-32-30-14-7-10-18-36(30)47(3,4)40(32)26-28)49-44(51-45)29-23-25-33-31-15-8-11-19-37(31)48(5,6)41(33)27-29/h7-27H,1-6H3. The van der Waals surface area contributed by atoms with E-state index < -0.39 is 0 Å². The molecule has 246 valence electrons. The van der Waals surface area contributed by atoms with Crippen molar-refractivity contribution < 1.29 is 0 Å². The third-order valence-electron chi connectivity index (χ3n) is 12.2. The van der Waals surface area contributed by atoms with Gasteiger partial charge in [-0.1, -0.05) is 157 Å². The summed E-state index contributed by atoms with van der Waals surface area (Å²) in [5.41, 5.74) is 18.3. The first-order valence-corrected chi connectivity index (χ1v) is 18.0. The first-order valence-electron chi connectivity index (χ1n) is 18.0. The molecular weight excluding hydrogens is 619 g/mol. The quantitative estimate of drug-likeness (QED) is 0.190. The Kier molecular flexibility index (Phi) is 6.04. The Morgan fingerprint density at radius 1 is 0.314 bits per heavy atom. The Morgan fingerprint density at radius 3 is 1.22 bits per heavy atom. The van der Waals surface area contributed by atoms with Crippen LogP contribution < -0.4 is 0 Å². The first kappa shape index (κ1) is 30.2. The Morgan fingerprint density at radius 2 is 0.686 bits per heavy atom. The fourth-order valence-corrected chi connectivity index (χ4v) is 9.38. The van der Waals surface area contributed by atoms with Gasteiger partial charge in [-0.2, -0.15) is 0 Å². The molecule has 0 fully saturated rings. The Balaban J connectivity index is 1.20. The van der Waals surface area contributed by atoms with E-state index in [1.54, 1.807) is 0 Å². The van der Waals surface area contributed by atoms with E-state index in [0.717, 1.165) is 16.7 Å². The van der Waals surface area contributed by atoms with Crippen molar-refractivity contribution in [2.24, 2.45) is 0 Å². The van der Waals surface area contributed by atoms with Gasteiger partial charge in [-0.25, -0.2) is 15.0 Å². The fraction of sp³-hybridized carbons (Fsp3) is 0.188. The minimum absolute atomic E-state index is 0.123. The van der Waals surface area contributed by atoms with Crippen LogP contribution >= 0.6 is 0 Å². The number of hydrogen-bond donors (Lipinski definition) is 0. The Labute approximate surface area is 300 Å². The summed E-state index contributed by atoms with van der Waals surface area (Å²) in [5.74, 6) is 2.08. The molecule has 6 aromatic carbocycles. The maximum absolute atomic E-state index is 5.33. The second-order valence-electron chi connectivity index (χ2n) is 16.1. The summed E-state index contributed by atoms with van der Waals surface area (Å²) in [7, 11) is 0. The van der Waals surface area contributed by atoms with Crippen molar-refractivity contribution in [2.75, 3.05) is 0 Å². The number of benzene rings is 6. The van der Waals surface area contributed by atoms with Crippen LogP contribution in [-0.4, -0.2) is 15.0 Å². The predicted molar refractivity (Wildman–Crippen MR) is 209 cm³/mol. The summed E-state index contributed by atoms with van der Waals surface area (Å²) in [6.45, 7) is 13.9. The van der Waals surface area contributed by atoms with Crippen molar-refractivity contribution in [1.29, 1.82) is 0 Å². The monoisotopic (exact) mass is 657 g/mol. The van der Waals surface area contributed by atoms with Crippen LogP contribution in [-0.2, 0) is 16.2 Å². The molecule has 3 heteroatoms. The molecule has 3 aliphatic carbocycles. The van der Waals surface area contributed by atoms with Crippen LogP contribution in [0, 0.1) is 0 Å². The van der Waals surface area contributed by atoms with E-state index in [-0.39, 0.29) is 16.2 Å². The van der Waals surface area contributed by atoms with Crippen LogP contribution in [0.25, 0.3) is 67.5 Å². The molecule has 7 aromatic rings. The molecule has 0 radical (unpaired) electrons. The topological polar surface area (TPSA) is 38.7 Å². The summed E-state index contributed by atoms with van der Waals surface area (Å²) in [5, 5.41) is 0. The molecule has 0 saturated carbocycles. The van der Waals surface area contributed by atoms with Gasteiger partial charge in [0.15, 0.2) is 17.5 Å². The second-order valence-corrected chi connectivity index (χ2v) is 16.1. The SMILES string of the molecule is CC1(C)c2ccccc2-c2ccc(-c3nc(-c4ccc5c(c4)C(C)(C)c4ccccc4-5)nc(-c4cccc5c4-c4ccccc4C5(C)C)n3)cc21. The van der Waals surface area contributed by atoms with E-state index in [9.17, 15) is 0 Å². The van der Waals surface area contributed by atoms with Crippen molar-refractivity contribution >= 4 is 0 Å². The molecule has 0 atom stereocenters. The van der Waals surface area contributed by atoms with E-state index in [1.807, 2.05) is 0 Å². The molecule has 0 aliphatic heterocycles. The van der Waals surface area contributed by atoms with Crippen LogP contribution in [0.5, 0.6) is 0 Å². The van der Waals surface area contributed by atoms with E-state index in [4.69, 9.17) is 15.0 Å². The van der Waals surface area contributed by atoms with Crippen molar-refractivity contribution in [3.05, 3.63) is 161 Å². The van der Waals surface area contributed by atoms with Gasteiger partial charge in [-0.05, 0) is 78.9 Å². The average molecular weight is 658 g/mol. The summed E-state index contributed by atoms with van der Waals surface area (Å²) in [6, 6.07) is 46.5. The average Bonchev–Trinajstić information content (AvgIpc) is 3.64. The molecular formula is C48H39N3. The maximum atomic E-state index is 5.33. The van der Waals surface area contributed by atoms with Gasteiger partial charge in [0.05, 0.1) is 0 Å². The number of nitrogens with zero attached hydrogens (tertiary/aromatic N) is 3. The molecule has 51 heavy (non-hydrogen) atoms. The molecule has 3 aliphatic rings. The van der Waals surface area contributed by atoms with E-state index in [1.165, 1.54) is 66.8 Å². The number of rotatable bonds is 3. The fourth-order valence-electron chi connectivity index (χ4n) is 9.38. The molecule has 0 saturated heterocycles. The first-order chi connectivity index (χ1) is 24.5. The molecule has 0 amide bonds. The zero-order valence-corrected chi connectivity index (χ0v) is 30.0. The number of hydrogen-bond acceptors (Lipinski definition) is 3. The van der Waals surface area contributed by atoms with Crippen molar-refractivity contribution in [3.8, 4) is 67.5 Å². The molecule has 0 bridgehead atoms. The predicted octanol–water partition coefficient (Wildman–Crippen LogP) is 11.8. The highest BCUT2D eigenvalue weighted by Crippen LogP contribution is 2.53. The Hall–Kier alpha value is -5.67. The highest BCUT2D eigenvalue weighted by molar-refractivity contribution is 5.92. The zero-order chi connectivity index (χ0) is 34.9. The number of aromatic nitrogens is 3. The van der Waals surface area contributed by atoms with Crippen LogP contribution in [0.2, 0.25) is 0 Å². The van der Waals surface area contributed by atoms with Gasteiger partial charge in [-0.15, -0.1) is 0 Å². The van der Waals surface area contributed by atoms with Crippen LogP contribution in [0.1, 0.15) is 74.9 Å². The lowest BCUT2D eigenvalue weighted by Crippen LogP contribution is -2.15. The molecule has 0 spiro atoms. The highest BCUT2D eigenvalue weighted by Gasteiger charge is 2.39. The smallest absolute Gasteiger partial charge is 0.164 e. The summed E-state index contributed by atoms with van der Waals surface area (Å²) in [4.78, 5) is 16.0. The van der Waals surface area contributed by atoms with E-state index >= 15 is 0 Å². The lowest BCUT2D eigenvalue weighted by molar-refractivity contribution is 0.660. The third-order valence-corrected chi connectivity index (χ3v) is 12.2. The second kappa shape index (κ2) is 10.2. The Bertz CT molecular complexity index is 2500. The van der Waals surface area contributed by atoms with E-state index in [2.05, 4.69) is 169 Å². The van der Waals surface area contributed by atoms with Crippen molar-refractivity contribution in [3.63, 3.8) is 0 Å². The largest absolute Gasteiger partial charge is 0.208 e. The minimum Gasteiger partial charge on any atom is -0.208 e. The van der Waals surface area contributed by atoms with E-state index in [0.29, 0.717) is 17.5 Å². The molecule has 3 nitrogen and oxygen atoms in total. The van der Waals surface area contributed by atoms with Crippen LogP contribution in [0.3, 0.4) is 0 Å². The van der Waals surface area contributed by atoms with Crippen LogP contribution in [0.15, 0.2) is 127 Å². The van der Waals surface area contributed by atoms with Gasteiger partial charge in [0, 0.05) is 32.9 Å². The van der Waals surface area contributed by atoms with Crippen molar-refractivity contribution in [1.82, 2.24) is 15.0 Å². The molecule has 10 rings (SSSR count). The number of fused-ring (bicyclic) bond motifs is 9. The van der Waals surface area contributed by atoms with Gasteiger partial charge < -0.3 is 0 Å². The van der Waals surface area contributed by atoms with Gasteiger partial charge in [-0.3, -0.25) is 0 Å². The maximum Gasteiger partial charge on any atom is 0.164 e. The lowest BCUT2D eigenvalue weighted by atomic mass is 9.82. The van der Waals surface area contributed by atoms with Gasteiger partial charge in [0.25, 0.3) is 0 Å².